The zero-order chi connectivity index (χ0) is 33.3. The van der Waals surface area contributed by atoms with E-state index in [1.807, 2.05) is 0 Å². The van der Waals surface area contributed by atoms with Crippen molar-refractivity contribution in [3.05, 3.63) is 158 Å². The summed E-state index contributed by atoms with van der Waals surface area (Å²) in [6, 6.07) is 47.7. The van der Waals surface area contributed by atoms with Crippen molar-refractivity contribution < 1.29 is 8.98 Å². The Hall–Kier alpha value is -6.59. The van der Waals surface area contributed by atoms with E-state index in [1.54, 1.807) is 18.6 Å². The third-order valence-corrected chi connectivity index (χ3v) is 10.2. The zero-order valence-corrected chi connectivity index (χ0v) is 27.6. The largest absolute Gasteiger partial charge is 0.454 e. The Morgan fingerprint density at radius 2 is 1.22 bits per heavy atom. The van der Waals surface area contributed by atoms with Crippen molar-refractivity contribution in [1.82, 2.24) is 14.5 Å². The molecule has 0 N–H and O–H groups in total. The minimum Gasteiger partial charge on any atom is -0.454 e. The standard InChI is InChI=1S/C45H31N4O/c1-28-15-24-37-42-35-11-5-3-9-33(35)34-10-4-6-12-36(34)43(42)50-44(37)41(28)45-48(2)39-13-7-8-14-40(39)49(45)32-22-20-30(21-23-32)29-16-18-31(19-17-29)38-27-46-25-26-47-38/h3-27H,1-2H3/q+1. The number of aromatic nitrogens is 4. The van der Waals surface area contributed by atoms with E-state index in [0.29, 0.717) is 0 Å². The van der Waals surface area contributed by atoms with Gasteiger partial charge in [0.25, 0.3) is 5.82 Å². The van der Waals surface area contributed by atoms with Gasteiger partial charge in [0.15, 0.2) is 16.6 Å². The fourth-order valence-electron chi connectivity index (χ4n) is 7.79. The third kappa shape index (κ3) is 4.17. The van der Waals surface area contributed by atoms with Crippen molar-refractivity contribution in [1.29, 1.82) is 0 Å². The van der Waals surface area contributed by atoms with Gasteiger partial charge in [0.1, 0.15) is 16.8 Å². The molecule has 0 bridgehead atoms. The van der Waals surface area contributed by atoms with E-state index >= 15 is 0 Å². The zero-order valence-electron chi connectivity index (χ0n) is 27.6. The van der Waals surface area contributed by atoms with Gasteiger partial charge in [0.2, 0.25) is 0 Å². The van der Waals surface area contributed by atoms with Crippen LogP contribution in [0.2, 0.25) is 0 Å². The van der Waals surface area contributed by atoms with Crippen molar-refractivity contribution in [3.8, 4) is 39.5 Å². The van der Waals surface area contributed by atoms with Crippen molar-refractivity contribution in [2.24, 2.45) is 7.05 Å². The second-order valence-electron chi connectivity index (χ2n) is 13.0. The molecule has 0 saturated heterocycles. The lowest BCUT2D eigenvalue weighted by molar-refractivity contribution is -0.633. The average Bonchev–Trinajstić information content (AvgIpc) is 3.71. The summed E-state index contributed by atoms with van der Waals surface area (Å²) in [6.45, 7) is 2.19. The van der Waals surface area contributed by atoms with Gasteiger partial charge in [0.05, 0.1) is 18.9 Å². The number of aryl methyl sites for hydroxylation is 2. The maximum atomic E-state index is 7.07. The molecule has 0 aliphatic heterocycles. The summed E-state index contributed by atoms with van der Waals surface area (Å²) in [5, 5.41) is 7.07. The van der Waals surface area contributed by atoms with E-state index in [1.165, 1.54) is 16.2 Å². The van der Waals surface area contributed by atoms with Crippen LogP contribution < -0.4 is 4.57 Å². The molecule has 0 amide bonds. The number of benzene rings is 7. The lowest BCUT2D eigenvalue weighted by Crippen LogP contribution is -2.30. The van der Waals surface area contributed by atoms with Gasteiger partial charge in [-0.2, -0.15) is 4.57 Å². The number of para-hydroxylation sites is 2. The number of furan rings is 1. The van der Waals surface area contributed by atoms with Crippen molar-refractivity contribution in [3.63, 3.8) is 0 Å². The first-order chi connectivity index (χ1) is 24.7. The third-order valence-electron chi connectivity index (χ3n) is 10.2. The van der Waals surface area contributed by atoms with Crippen LogP contribution in [-0.4, -0.2) is 14.5 Å². The number of imidazole rings is 1. The summed E-state index contributed by atoms with van der Waals surface area (Å²) in [6.07, 6.45) is 5.21. The topological polar surface area (TPSA) is 47.7 Å². The first kappa shape index (κ1) is 28.4. The molecule has 10 aromatic rings. The van der Waals surface area contributed by atoms with Crippen LogP contribution in [0.15, 0.2) is 156 Å². The predicted octanol–water partition coefficient (Wildman–Crippen LogP) is 10.8. The normalized spacial score (nSPS) is 11.8. The number of hydrogen-bond donors (Lipinski definition) is 0. The Balaban J connectivity index is 1.19. The fraction of sp³-hybridized carbons (Fsp3) is 0.0444. The van der Waals surface area contributed by atoms with Crippen LogP contribution >= 0.6 is 0 Å². The van der Waals surface area contributed by atoms with Crippen LogP contribution in [-0.2, 0) is 7.05 Å². The summed E-state index contributed by atoms with van der Waals surface area (Å²) in [4.78, 5) is 8.66. The van der Waals surface area contributed by atoms with E-state index in [4.69, 9.17) is 4.42 Å². The minimum atomic E-state index is 0.866. The predicted molar refractivity (Wildman–Crippen MR) is 203 cm³/mol. The van der Waals surface area contributed by atoms with Gasteiger partial charge < -0.3 is 4.42 Å². The van der Waals surface area contributed by atoms with Gasteiger partial charge in [0, 0.05) is 34.1 Å². The van der Waals surface area contributed by atoms with Gasteiger partial charge >= 0.3 is 0 Å². The Labute approximate surface area is 288 Å². The molecular weight excluding hydrogens is 613 g/mol. The molecule has 236 valence electrons. The molecule has 5 heteroatoms. The molecule has 50 heavy (non-hydrogen) atoms. The molecule has 0 fully saturated rings. The van der Waals surface area contributed by atoms with Crippen LogP contribution in [0.3, 0.4) is 0 Å². The maximum absolute atomic E-state index is 7.07. The second kappa shape index (κ2) is 11.0. The highest BCUT2D eigenvalue weighted by Gasteiger charge is 2.31. The van der Waals surface area contributed by atoms with Crippen LogP contribution in [0, 0.1) is 6.92 Å². The van der Waals surface area contributed by atoms with Crippen molar-refractivity contribution in [2.45, 2.75) is 6.92 Å². The molecule has 0 aliphatic rings. The van der Waals surface area contributed by atoms with E-state index < -0.39 is 0 Å². The summed E-state index contributed by atoms with van der Waals surface area (Å²) in [7, 11) is 2.16. The van der Waals surface area contributed by atoms with Crippen LogP contribution in [0.25, 0.3) is 94.0 Å². The Morgan fingerprint density at radius 3 is 1.96 bits per heavy atom. The molecule has 0 atom stereocenters. The Bertz CT molecular complexity index is 2920. The van der Waals surface area contributed by atoms with Gasteiger partial charge in [-0.05, 0) is 64.0 Å². The van der Waals surface area contributed by atoms with Crippen LogP contribution in [0.1, 0.15) is 5.56 Å². The maximum Gasteiger partial charge on any atom is 0.298 e. The molecule has 0 unspecified atom stereocenters. The first-order valence-corrected chi connectivity index (χ1v) is 16.9. The Kier molecular flexibility index (Phi) is 6.24. The second-order valence-corrected chi connectivity index (χ2v) is 13.0. The molecule has 3 aromatic heterocycles. The van der Waals surface area contributed by atoms with Crippen LogP contribution in [0.5, 0.6) is 0 Å². The van der Waals surface area contributed by atoms with E-state index in [2.05, 4.69) is 167 Å². The lowest BCUT2D eigenvalue weighted by atomic mass is 9.96. The lowest BCUT2D eigenvalue weighted by Gasteiger charge is -2.09. The molecule has 0 aliphatic carbocycles. The number of fused-ring (bicyclic) bond motifs is 9. The number of hydrogen-bond acceptors (Lipinski definition) is 3. The van der Waals surface area contributed by atoms with E-state index in [9.17, 15) is 0 Å². The SMILES string of the molecule is Cc1ccc2c(oc3c4ccccc4c4ccccc4c23)c1-c1n(-c2ccc(-c3ccc(-c4cnccn4)cc3)cc2)c2ccccc2[n+]1C. The highest BCUT2D eigenvalue weighted by molar-refractivity contribution is 6.31. The molecule has 5 nitrogen and oxygen atoms in total. The fourth-order valence-corrected chi connectivity index (χ4v) is 7.79. The van der Waals surface area contributed by atoms with Gasteiger partial charge in [-0.15, -0.1) is 0 Å². The smallest absolute Gasteiger partial charge is 0.298 e. The molecule has 10 rings (SSSR count). The molecular formula is C45H31N4O+. The van der Waals surface area contributed by atoms with Crippen molar-refractivity contribution >= 4 is 54.5 Å². The molecule has 7 aromatic carbocycles. The summed E-state index contributed by atoms with van der Waals surface area (Å²) in [5.41, 5.74) is 11.7. The number of nitrogens with zero attached hydrogens (tertiary/aromatic N) is 4. The summed E-state index contributed by atoms with van der Waals surface area (Å²) < 4.78 is 11.7. The quantitative estimate of drug-likeness (QED) is 0.142. The van der Waals surface area contributed by atoms with Gasteiger partial charge in [-0.25, -0.2) is 4.57 Å². The number of rotatable bonds is 4. The Morgan fingerprint density at radius 1 is 0.580 bits per heavy atom. The first-order valence-electron chi connectivity index (χ1n) is 16.9. The highest BCUT2D eigenvalue weighted by Crippen LogP contribution is 2.44. The highest BCUT2D eigenvalue weighted by atomic mass is 16.3. The molecule has 3 heterocycles. The minimum absolute atomic E-state index is 0.866. The van der Waals surface area contributed by atoms with Crippen molar-refractivity contribution in [2.75, 3.05) is 0 Å². The summed E-state index contributed by atoms with van der Waals surface area (Å²) in [5.74, 6) is 1.07. The molecule has 0 radical (unpaired) electrons. The molecule has 0 saturated carbocycles. The molecule has 0 spiro atoms. The summed E-state index contributed by atoms with van der Waals surface area (Å²) >= 11 is 0. The average molecular weight is 644 g/mol. The van der Waals surface area contributed by atoms with Crippen LogP contribution in [0.4, 0.5) is 0 Å². The van der Waals surface area contributed by atoms with E-state index in [0.717, 1.165) is 83.4 Å². The van der Waals surface area contributed by atoms with Gasteiger partial charge in [-0.1, -0.05) is 109 Å². The van der Waals surface area contributed by atoms with Gasteiger partial charge in [-0.3, -0.25) is 9.97 Å². The monoisotopic (exact) mass is 643 g/mol. The van der Waals surface area contributed by atoms with E-state index in [-0.39, 0.29) is 0 Å².